The monoisotopic (exact) mass is 235 g/mol. The van der Waals surface area contributed by atoms with Crippen LogP contribution in [0.15, 0.2) is 18.5 Å². The summed E-state index contributed by atoms with van der Waals surface area (Å²) in [4.78, 5) is 4.17. The fraction of sp³-hybridized carbons (Fsp3) is 0.615. The van der Waals surface area contributed by atoms with Crippen molar-refractivity contribution in [2.24, 2.45) is 0 Å². The third-order valence-electron chi connectivity index (χ3n) is 3.17. The molecule has 94 valence electrons. The highest BCUT2D eigenvalue weighted by atomic mass is 16.5. The van der Waals surface area contributed by atoms with Crippen molar-refractivity contribution >= 4 is 5.69 Å². The molecule has 2 rings (SSSR count). The van der Waals surface area contributed by atoms with Crippen LogP contribution in [-0.4, -0.2) is 24.2 Å². The first-order chi connectivity index (χ1) is 8.33. The highest BCUT2D eigenvalue weighted by Gasteiger charge is 2.28. The molecular formula is C13H21N3O. The molecule has 4 heteroatoms. The Bertz CT molecular complexity index is 350. The van der Waals surface area contributed by atoms with E-state index < -0.39 is 0 Å². The van der Waals surface area contributed by atoms with Gasteiger partial charge in [0.25, 0.3) is 0 Å². The molecule has 1 fully saturated rings. The number of hydrogen-bond acceptors (Lipinski definition) is 4. The SMILES string of the molecule is CCCNC(c1cnccc1N)C1CCCO1. The van der Waals surface area contributed by atoms with Gasteiger partial charge in [0.15, 0.2) is 0 Å². The lowest BCUT2D eigenvalue weighted by Crippen LogP contribution is -2.32. The second-order valence-electron chi connectivity index (χ2n) is 4.49. The van der Waals surface area contributed by atoms with Gasteiger partial charge < -0.3 is 15.8 Å². The molecule has 1 aromatic heterocycles. The molecule has 1 saturated heterocycles. The first kappa shape index (κ1) is 12.3. The van der Waals surface area contributed by atoms with Gasteiger partial charge in [-0.3, -0.25) is 4.98 Å². The quantitative estimate of drug-likeness (QED) is 0.818. The average Bonchev–Trinajstić information content (AvgIpc) is 2.85. The summed E-state index contributed by atoms with van der Waals surface area (Å²) in [5.74, 6) is 0. The summed E-state index contributed by atoms with van der Waals surface area (Å²) in [6.45, 7) is 3.99. The van der Waals surface area contributed by atoms with Crippen LogP contribution in [0, 0.1) is 0 Å². The van der Waals surface area contributed by atoms with E-state index in [9.17, 15) is 0 Å². The van der Waals surface area contributed by atoms with Crippen molar-refractivity contribution in [2.45, 2.75) is 38.3 Å². The Morgan fingerprint density at radius 1 is 1.65 bits per heavy atom. The number of nitrogens with one attached hydrogen (secondary N) is 1. The van der Waals surface area contributed by atoms with Crippen molar-refractivity contribution in [3.63, 3.8) is 0 Å². The lowest BCUT2D eigenvalue weighted by molar-refractivity contribution is 0.0784. The van der Waals surface area contributed by atoms with E-state index in [0.717, 1.165) is 43.7 Å². The van der Waals surface area contributed by atoms with Crippen LogP contribution in [0.2, 0.25) is 0 Å². The van der Waals surface area contributed by atoms with Crippen LogP contribution in [0.3, 0.4) is 0 Å². The molecule has 2 atom stereocenters. The highest BCUT2D eigenvalue weighted by molar-refractivity contribution is 5.46. The van der Waals surface area contributed by atoms with Crippen molar-refractivity contribution in [3.8, 4) is 0 Å². The first-order valence-electron chi connectivity index (χ1n) is 6.37. The molecule has 0 radical (unpaired) electrons. The minimum absolute atomic E-state index is 0.172. The van der Waals surface area contributed by atoms with E-state index in [1.165, 1.54) is 0 Å². The smallest absolute Gasteiger partial charge is 0.0771 e. The Labute approximate surface area is 103 Å². The molecule has 2 unspecified atom stereocenters. The maximum absolute atomic E-state index is 6.03. The van der Waals surface area contributed by atoms with Crippen LogP contribution in [0.4, 0.5) is 5.69 Å². The molecule has 0 aromatic carbocycles. The van der Waals surface area contributed by atoms with Crippen LogP contribution in [0.1, 0.15) is 37.8 Å². The molecule has 4 nitrogen and oxygen atoms in total. The van der Waals surface area contributed by atoms with E-state index in [-0.39, 0.29) is 12.1 Å². The molecular weight excluding hydrogens is 214 g/mol. The third-order valence-corrected chi connectivity index (χ3v) is 3.17. The fourth-order valence-corrected chi connectivity index (χ4v) is 2.28. The molecule has 1 aliphatic rings. The largest absolute Gasteiger partial charge is 0.398 e. The van der Waals surface area contributed by atoms with Gasteiger partial charge in [-0.2, -0.15) is 0 Å². The minimum atomic E-state index is 0.172. The van der Waals surface area contributed by atoms with E-state index in [4.69, 9.17) is 10.5 Å². The van der Waals surface area contributed by atoms with E-state index in [1.54, 1.807) is 6.20 Å². The Morgan fingerprint density at radius 3 is 3.18 bits per heavy atom. The van der Waals surface area contributed by atoms with Crippen LogP contribution in [0.25, 0.3) is 0 Å². The van der Waals surface area contributed by atoms with Crippen LogP contribution in [-0.2, 0) is 4.74 Å². The zero-order chi connectivity index (χ0) is 12.1. The Kier molecular flexibility index (Phi) is 4.34. The molecule has 0 aliphatic carbocycles. The van der Waals surface area contributed by atoms with Crippen LogP contribution >= 0.6 is 0 Å². The molecule has 1 aliphatic heterocycles. The Morgan fingerprint density at radius 2 is 2.53 bits per heavy atom. The van der Waals surface area contributed by atoms with Gasteiger partial charge >= 0.3 is 0 Å². The van der Waals surface area contributed by atoms with Crippen molar-refractivity contribution in [3.05, 3.63) is 24.0 Å². The van der Waals surface area contributed by atoms with Gasteiger partial charge in [-0.1, -0.05) is 6.92 Å². The van der Waals surface area contributed by atoms with E-state index >= 15 is 0 Å². The fourth-order valence-electron chi connectivity index (χ4n) is 2.28. The summed E-state index contributed by atoms with van der Waals surface area (Å²) in [7, 11) is 0. The van der Waals surface area contributed by atoms with Gasteiger partial charge in [-0.15, -0.1) is 0 Å². The average molecular weight is 235 g/mol. The van der Waals surface area contributed by atoms with E-state index in [0.29, 0.717) is 0 Å². The number of anilines is 1. The Hall–Kier alpha value is -1.13. The van der Waals surface area contributed by atoms with E-state index in [1.807, 2.05) is 12.3 Å². The molecule has 3 N–H and O–H groups in total. The van der Waals surface area contributed by atoms with E-state index in [2.05, 4.69) is 17.2 Å². The highest BCUT2D eigenvalue weighted by Crippen LogP contribution is 2.29. The summed E-state index contributed by atoms with van der Waals surface area (Å²) in [5.41, 5.74) is 7.88. The molecule has 0 amide bonds. The van der Waals surface area contributed by atoms with Gasteiger partial charge in [0, 0.05) is 30.3 Å². The lowest BCUT2D eigenvalue weighted by Gasteiger charge is -2.25. The number of nitrogens with zero attached hydrogens (tertiary/aromatic N) is 1. The minimum Gasteiger partial charge on any atom is -0.398 e. The van der Waals surface area contributed by atoms with Crippen LogP contribution < -0.4 is 11.1 Å². The molecule has 2 heterocycles. The maximum Gasteiger partial charge on any atom is 0.0771 e. The van der Waals surface area contributed by atoms with Gasteiger partial charge in [-0.25, -0.2) is 0 Å². The number of pyridine rings is 1. The maximum atomic E-state index is 6.03. The summed E-state index contributed by atoms with van der Waals surface area (Å²) in [6.07, 6.45) is 7.14. The van der Waals surface area contributed by atoms with Crippen LogP contribution in [0.5, 0.6) is 0 Å². The third kappa shape index (κ3) is 2.96. The summed E-state index contributed by atoms with van der Waals surface area (Å²) in [5, 5.41) is 3.52. The van der Waals surface area contributed by atoms with Gasteiger partial charge in [0.2, 0.25) is 0 Å². The molecule has 17 heavy (non-hydrogen) atoms. The number of ether oxygens (including phenoxy) is 1. The van der Waals surface area contributed by atoms with Crippen molar-refractivity contribution in [1.29, 1.82) is 0 Å². The zero-order valence-corrected chi connectivity index (χ0v) is 10.4. The number of nitrogen functional groups attached to an aromatic ring is 1. The number of nitrogens with two attached hydrogens (primary N) is 1. The van der Waals surface area contributed by atoms with Gasteiger partial charge in [-0.05, 0) is 31.9 Å². The second-order valence-corrected chi connectivity index (χ2v) is 4.49. The topological polar surface area (TPSA) is 60.2 Å². The van der Waals surface area contributed by atoms with Crippen molar-refractivity contribution in [2.75, 3.05) is 18.9 Å². The number of rotatable bonds is 5. The summed E-state index contributed by atoms with van der Waals surface area (Å²) < 4.78 is 5.78. The van der Waals surface area contributed by atoms with Crippen molar-refractivity contribution < 1.29 is 4.74 Å². The van der Waals surface area contributed by atoms with Crippen molar-refractivity contribution in [1.82, 2.24) is 10.3 Å². The number of hydrogen-bond donors (Lipinski definition) is 2. The normalized spacial score (nSPS) is 21.6. The van der Waals surface area contributed by atoms with Gasteiger partial charge in [0.05, 0.1) is 12.1 Å². The molecule has 0 saturated carbocycles. The summed E-state index contributed by atoms with van der Waals surface area (Å²) >= 11 is 0. The Balaban J connectivity index is 2.16. The number of aromatic nitrogens is 1. The predicted molar refractivity (Wildman–Crippen MR) is 68.7 cm³/mol. The standard InChI is InChI=1S/C13H21N3O/c1-2-6-16-13(12-4-3-8-17-12)10-9-15-7-5-11(10)14/h5,7,9,12-13,16H,2-4,6,8H2,1H3,(H2,14,15). The van der Waals surface area contributed by atoms with Gasteiger partial charge in [0.1, 0.15) is 0 Å². The molecule has 0 spiro atoms. The second kappa shape index (κ2) is 5.98. The first-order valence-corrected chi connectivity index (χ1v) is 6.37. The lowest BCUT2D eigenvalue weighted by atomic mass is 9.99. The zero-order valence-electron chi connectivity index (χ0n) is 10.4. The predicted octanol–water partition coefficient (Wildman–Crippen LogP) is 1.88. The molecule has 0 bridgehead atoms. The molecule has 1 aromatic rings. The summed E-state index contributed by atoms with van der Waals surface area (Å²) in [6, 6.07) is 2.02.